The molecule has 3 rings (SSSR count). The van der Waals surface area contributed by atoms with Gasteiger partial charge in [-0.05, 0) is 36.1 Å². The molecule has 2 aliphatic carbocycles. The fraction of sp³-hybridized carbons (Fsp3) is 0.455. The monoisotopic (exact) mass is 506 g/mol. The molecule has 146 valence electrons. The molecule has 0 aliphatic heterocycles. The molecule has 0 N–H and O–H groups in total. The number of halogens is 2. The summed E-state index contributed by atoms with van der Waals surface area (Å²) >= 11 is 7.39. The normalized spacial score (nSPS) is 17.8. The third-order valence-corrected chi connectivity index (χ3v) is 7.50. The average molecular weight is 508 g/mol. The van der Waals surface area contributed by atoms with Gasteiger partial charge in [-0.2, -0.15) is 0 Å². The van der Waals surface area contributed by atoms with Gasteiger partial charge in [-0.25, -0.2) is 0 Å². The van der Waals surface area contributed by atoms with Crippen LogP contribution in [-0.2, 0) is 44.7 Å². The van der Waals surface area contributed by atoms with E-state index in [1.807, 2.05) is 0 Å². The molecule has 4 nitrogen and oxygen atoms in total. The molecule has 0 saturated heterocycles. The van der Waals surface area contributed by atoms with Crippen LogP contribution in [0.15, 0.2) is 8.95 Å². The topological polar surface area (TPSA) is 52.6 Å². The molecular formula is C22H20Br2O4. The number of fused-ring (bicyclic) bond motifs is 2. The Morgan fingerprint density at radius 2 is 1.11 bits per heavy atom. The highest BCUT2D eigenvalue weighted by atomic mass is 79.9. The molecule has 6 heteroatoms. The van der Waals surface area contributed by atoms with Crippen molar-refractivity contribution in [3.05, 3.63) is 31.2 Å². The maximum Gasteiger partial charge on any atom is 0.324 e. The Hall–Kier alpha value is -1.76. The first-order chi connectivity index (χ1) is 13.3. The molecule has 0 amide bonds. The highest BCUT2D eigenvalue weighted by Crippen LogP contribution is 2.52. The van der Waals surface area contributed by atoms with Crippen molar-refractivity contribution in [2.45, 2.75) is 39.5 Å². The van der Waals surface area contributed by atoms with Crippen LogP contribution in [0.2, 0.25) is 0 Å². The Morgan fingerprint density at radius 3 is 1.32 bits per heavy atom. The summed E-state index contributed by atoms with van der Waals surface area (Å²) in [7, 11) is 0. The molecule has 2 aliphatic rings. The van der Waals surface area contributed by atoms with E-state index in [1.165, 1.54) is 0 Å². The van der Waals surface area contributed by atoms with Crippen LogP contribution in [0, 0.1) is 35.5 Å². The lowest BCUT2D eigenvalue weighted by Gasteiger charge is -2.20. The minimum Gasteiger partial charge on any atom is -0.465 e. The summed E-state index contributed by atoms with van der Waals surface area (Å²) in [5, 5.41) is 0. The van der Waals surface area contributed by atoms with E-state index in [0.717, 1.165) is 31.2 Å². The molecule has 1 aromatic rings. The zero-order chi connectivity index (χ0) is 20.7. The van der Waals surface area contributed by atoms with Crippen LogP contribution < -0.4 is 0 Å². The second kappa shape index (κ2) is 7.58. The smallest absolute Gasteiger partial charge is 0.324 e. The first-order valence-corrected chi connectivity index (χ1v) is 10.7. The number of hydrogen-bond acceptors (Lipinski definition) is 4. The molecule has 0 bridgehead atoms. The van der Waals surface area contributed by atoms with Gasteiger partial charge >= 0.3 is 11.9 Å². The molecule has 0 saturated carbocycles. The van der Waals surface area contributed by atoms with Gasteiger partial charge in [0.25, 0.3) is 0 Å². The molecule has 0 spiro atoms. The number of terminal acetylenes is 2. The van der Waals surface area contributed by atoms with Crippen molar-refractivity contribution in [2.24, 2.45) is 10.8 Å². The third-order valence-electron chi connectivity index (χ3n) is 5.59. The Balaban J connectivity index is 2.06. The number of rotatable bonds is 4. The molecule has 0 atom stereocenters. The fourth-order valence-electron chi connectivity index (χ4n) is 4.11. The number of hydrogen-bond donors (Lipinski definition) is 0. The van der Waals surface area contributed by atoms with E-state index in [4.69, 9.17) is 22.3 Å². The van der Waals surface area contributed by atoms with E-state index < -0.39 is 10.8 Å². The Bertz CT molecular complexity index is 835. The second-order valence-electron chi connectivity index (χ2n) is 7.14. The SMILES string of the molecule is C#CC1(C(=O)OCC)Cc2c(Br)c3c(c(Br)c2C1)CC(C#C)(C(=O)OCC)C3. The minimum atomic E-state index is -1.01. The highest BCUT2D eigenvalue weighted by molar-refractivity contribution is 9.11. The van der Waals surface area contributed by atoms with Gasteiger partial charge in [-0.3, -0.25) is 9.59 Å². The van der Waals surface area contributed by atoms with Gasteiger partial charge in [0.2, 0.25) is 0 Å². The van der Waals surface area contributed by atoms with Crippen LogP contribution in [0.4, 0.5) is 0 Å². The van der Waals surface area contributed by atoms with Crippen molar-refractivity contribution in [1.82, 2.24) is 0 Å². The lowest BCUT2D eigenvalue weighted by molar-refractivity contribution is -0.152. The van der Waals surface area contributed by atoms with Gasteiger partial charge in [0.15, 0.2) is 0 Å². The zero-order valence-electron chi connectivity index (χ0n) is 15.8. The van der Waals surface area contributed by atoms with E-state index in [1.54, 1.807) is 13.8 Å². The van der Waals surface area contributed by atoms with Gasteiger partial charge in [0.1, 0.15) is 10.8 Å². The van der Waals surface area contributed by atoms with Gasteiger partial charge in [0.05, 0.1) is 13.2 Å². The predicted octanol–water partition coefficient (Wildman–Crippen LogP) is 3.77. The second-order valence-corrected chi connectivity index (χ2v) is 8.73. The van der Waals surface area contributed by atoms with Crippen LogP contribution in [-0.4, -0.2) is 25.2 Å². The quantitative estimate of drug-likeness (QED) is 0.459. The number of esters is 2. The van der Waals surface area contributed by atoms with Crippen LogP contribution in [0.1, 0.15) is 36.1 Å². The summed E-state index contributed by atoms with van der Waals surface area (Å²) in [6.07, 6.45) is 13.1. The maximum absolute atomic E-state index is 12.6. The van der Waals surface area contributed by atoms with Crippen molar-refractivity contribution in [3.8, 4) is 24.7 Å². The Labute approximate surface area is 182 Å². The van der Waals surface area contributed by atoms with Crippen LogP contribution in [0.5, 0.6) is 0 Å². The van der Waals surface area contributed by atoms with Crippen molar-refractivity contribution in [1.29, 1.82) is 0 Å². The summed E-state index contributed by atoms with van der Waals surface area (Å²) in [6, 6.07) is 0. The lowest BCUT2D eigenvalue weighted by atomic mass is 9.85. The summed E-state index contributed by atoms with van der Waals surface area (Å²) in [4.78, 5) is 25.1. The number of carbonyl (C=O) groups is 2. The van der Waals surface area contributed by atoms with Crippen LogP contribution in [0.3, 0.4) is 0 Å². The van der Waals surface area contributed by atoms with Crippen molar-refractivity contribution < 1.29 is 19.1 Å². The number of carbonyl (C=O) groups excluding carboxylic acids is 2. The first kappa shape index (κ1) is 21.0. The predicted molar refractivity (Wildman–Crippen MR) is 112 cm³/mol. The highest BCUT2D eigenvalue weighted by Gasteiger charge is 2.50. The molecule has 28 heavy (non-hydrogen) atoms. The molecule has 0 fully saturated rings. The van der Waals surface area contributed by atoms with E-state index >= 15 is 0 Å². The standard InChI is InChI=1S/C22H20Br2O4/c1-5-21(19(25)27-7-3)9-13-14(10-21)18(24)16-12-22(6-2,20(26)28-8-4)11-15(16)17(13)23/h1-2H,7-12H2,3-4H3. The van der Waals surface area contributed by atoms with Gasteiger partial charge in [0, 0.05) is 34.6 Å². The maximum atomic E-state index is 12.6. The molecule has 1 aromatic carbocycles. The van der Waals surface area contributed by atoms with E-state index in [0.29, 0.717) is 25.7 Å². The van der Waals surface area contributed by atoms with Crippen molar-refractivity contribution in [2.75, 3.05) is 13.2 Å². The van der Waals surface area contributed by atoms with Gasteiger partial charge < -0.3 is 9.47 Å². The van der Waals surface area contributed by atoms with Crippen molar-refractivity contribution >= 4 is 43.8 Å². The molecule has 0 heterocycles. The fourth-order valence-corrected chi connectivity index (χ4v) is 5.63. The molecule has 0 aromatic heterocycles. The average Bonchev–Trinajstić information content (AvgIpc) is 3.28. The summed E-state index contributed by atoms with van der Waals surface area (Å²) in [6.45, 7) is 4.09. The first-order valence-electron chi connectivity index (χ1n) is 9.09. The largest absolute Gasteiger partial charge is 0.465 e. The summed E-state index contributed by atoms with van der Waals surface area (Å²) in [5.74, 6) is 4.60. The Kier molecular flexibility index (Phi) is 5.67. The Morgan fingerprint density at radius 1 is 0.821 bits per heavy atom. The van der Waals surface area contributed by atoms with Crippen LogP contribution in [0.25, 0.3) is 0 Å². The van der Waals surface area contributed by atoms with E-state index in [9.17, 15) is 9.59 Å². The van der Waals surface area contributed by atoms with E-state index in [-0.39, 0.29) is 25.2 Å². The number of benzene rings is 1. The van der Waals surface area contributed by atoms with E-state index in [2.05, 4.69) is 43.7 Å². The van der Waals surface area contributed by atoms with Gasteiger partial charge in [-0.1, -0.05) is 43.7 Å². The third kappa shape index (κ3) is 2.98. The van der Waals surface area contributed by atoms with Crippen molar-refractivity contribution in [3.63, 3.8) is 0 Å². The van der Waals surface area contributed by atoms with Gasteiger partial charge in [-0.15, -0.1) is 12.8 Å². The molecule has 0 unspecified atom stereocenters. The minimum absolute atomic E-state index is 0.279. The zero-order valence-corrected chi connectivity index (χ0v) is 19.0. The summed E-state index contributed by atoms with van der Waals surface area (Å²) < 4.78 is 12.2. The summed E-state index contributed by atoms with van der Waals surface area (Å²) in [5.41, 5.74) is 1.84. The molecular weight excluding hydrogens is 488 g/mol. The lowest BCUT2D eigenvalue weighted by Crippen LogP contribution is -2.33. The van der Waals surface area contributed by atoms with Crippen LogP contribution >= 0.6 is 31.9 Å². The molecule has 0 radical (unpaired) electrons. The number of ether oxygens (including phenoxy) is 2.